The molecule has 1 N–H and O–H groups in total. The van der Waals surface area contributed by atoms with Gasteiger partial charge in [-0.15, -0.1) is 0 Å². The average Bonchev–Trinajstić information content (AvgIpc) is 2.88. The normalized spacial score (nSPS) is 25.4. The molecule has 0 spiro atoms. The van der Waals surface area contributed by atoms with E-state index in [1.807, 2.05) is 0 Å². The molecule has 0 saturated carbocycles. The first-order chi connectivity index (χ1) is 9.70. The first-order valence-electron chi connectivity index (χ1n) is 7.54. The second-order valence-electron chi connectivity index (χ2n) is 5.81. The summed E-state index contributed by atoms with van der Waals surface area (Å²) < 4.78 is 2.15. The number of benzene rings is 1. The summed E-state index contributed by atoms with van der Waals surface area (Å²) in [7, 11) is 0. The predicted octanol–water partition coefficient (Wildman–Crippen LogP) is 3.59. The van der Waals surface area contributed by atoms with Crippen LogP contribution < -0.4 is 5.32 Å². The van der Waals surface area contributed by atoms with Crippen molar-refractivity contribution in [3.05, 3.63) is 53.3 Å². The largest absolute Gasteiger partial charge is 0.308 e. The van der Waals surface area contributed by atoms with Crippen molar-refractivity contribution in [1.82, 2.24) is 15.1 Å². The van der Waals surface area contributed by atoms with Gasteiger partial charge in [-0.3, -0.25) is 4.68 Å². The monoisotopic (exact) mass is 269 g/mol. The van der Waals surface area contributed by atoms with Gasteiger partial charge < -0.3 is 5.32 Å². The zero-order valence-corrected chi connectivity index (χ0v) is 12.5. The van der Waals surface area contributed by atoms with Gasteiger partial charge in [0.15, 0.2) is 0 Å². The van der Waals surface area contributed by atoms with Gasteiger partial charge in [0, 0.05) is 6.20 Å². The van der Waals surface area contributed by atoms with Gasteiger partial charge in [0.25, 0.3) is 0 Å². The SMILES string of the molecule is CCNC1c2ccccc2C(C)CC1n1ccc(C)n1. The van der Waals surface area contributed by atoms with Gasteiger partial charge in [-0.05, 0) is 43.0 Å². The van der Waals surface area contributed by atoms with E-state index in [9.17, 15) is 0 Å². The fourth-order valence-electron chi connectivity index (χ4n) is 3.42. The second-order valence-corrected chi connectivity index (χ2v) is 5.81. The molecule has 3 nitrogen and oxygen atoms in total. The molecule has 3 rings (SSSR count). The van der Waals surface area contributed by atoms with Crippen LogP contribution in [0.1, 0.15) is 55.1 Å². The van der Waals surface area contributed by atoms with E-state index in [1.54, 1.807) is 0 Å². The van der Waals surface area contributed by atoms with Crippen LogP contribution in [0.3, 0.4) is 0 Å². The van der Waals surface area contributed by atoms with Crippen LogP contribution in [0.4, 0.5) is 0 Å². The van der Waals surface area contributed by atoms with Gasteiger partial charge in [0.1, 0.15) is 0 Å². The summed E-state index contributed by atoms with van der Waals surface area (Å²) in [6.45, 7) is 7.53. The molecule has 0 radical (unpaired) electrons. The highest BCUT2D eigenvalue weighted by molar-refractivity contribution is 5.36. The van der Waals surface area contributed by atoms with Crippen LogP contribution >= 0.6 is 0 Å². The zero-order chi connectivity index (χ0) is 14.1. The molecule has 0 fully saturated rings. The molecule has 0 bridgehead atoms. The van der Waals surface area contributed by atoms with Gasteiger partial charge in [0.2, 0.25) is 0 Å². The van der Waals surface area contributed by atoms with E-state index in [-0.39, 0.29) is 0 Å². The number of rotatable bonds is 3. The van der Waals surface area contributed by atoms with Gasteiger partial charge in [0.05, 0.1) is 17.8 Å². The minimum atomic E-state index is 0.353. The Balaban J connectivity index is 2.03. The van der Waals surface area contributed by atoms with Gasteiger partial charge in [-0.25, -0.2) is 0 Å². The van der Waals surface area contributed by atoms with E-state index < -0.39 is 0 Å². The Hall–Kier alpha value is -1.61. The summed E-state index contributed by atoms with van der Waals surface area (Å²) in [6, 6.07) is 11.7. The number of nitrogens with one attached hydrogen (secondary N) is 1. The third-order valence-electron chi connectivity index (χ3n) is 4.35. The molecule has 3 atom stereocenters. The molecule has 1 aromatic carbocycles. The zero-order valence-electron chi connectivity index (χ0n) is 12.5. The van der Waals surface area contributed by atoms with Crippen LogP contribution in [0.5, 0.6) is 0 Å². The number of hydrogen-bond donors (Lipinski definition) is 1. The van der Waals surface area contributed by atoms with E-state index >= 15 is 0 Å². The number of nitrogens with zero attached hydrogens (tertiary/aromatic N) is 2. The van der Waals surface area contributed by atoms with Crippen molar-refractivity contribution < 1.29 is 0 Å². The topological polar surface area (TPSA) is 29.9 Å². The Bertz CT molecular complexity index is 587. The Morgan fingerprint density at radius 3 is 2.65 bits per heavy atom. The lowest BCUT2D eigenvalue weighted by molar-refractivity contribution is 0.281. The molecule has 0 amide bonds. The summed E-state index contributed by atoms with van der Waals surface area (Å²) in [5, 5.41) is 8.31. The average molecular weight is 269 g/mol. The summed E-state index contributed by atoms with van der Waals surface area (Å²) in [5.74, 6) is 0.579. The van der Waals surface area contributed by atoms with E-state index in [1.165, 1.54) is 11.1 Å². The molecule has 3 heteroatoms. The van der Waals surface area contributed by atoms with Crippen LogP contribution in [-0.4, -0.2) is 16.3 Å². The second kappa shape index (κ2) is 5.41. The Morgan fingerprint density at radius 2 is 2.00 bits per heavy atom. The fraction of sp³-hybridized carbons (Fsp3) is 0.471. The third kappa shape index (κ3) is 2.27. The number of aryl methyl sites for hydroxylation is 1. The standard InChI is InChI=1S/C17H23N3/c1-4-18-17-15-8-6-5-7-14(15)12(2)11-16(17)20-10-9-13(3)19-20/h5-10,12,16-18H,4,11H2,1-3H3. The number of hydrogen-bond acceptors (Lipinski definition) is 2. The molecular weight excluding hydrogens is 246 g/mol. The summed E-state index contributed by atoms with van der Waals surface area (Å²) >= 11 is 0. The van der Waals surface area contributed by atoms with Crippen molar-refractivity contribution in [2.75, 3.05) is 6.54 Å². The highest BCUT2D eigenvalue weighted by atomic mass is 15.3. The minimum Gasteiger partial charge on any atom is -0.308 e. The van der Waals surface area contributed by atoms with Crippen LogP contribution in [0.15, 0.2) is 36.5 Å². The predicted molar refractivity (Wildman–Crippen MR) is 81.9 cm³/mol. The molecule has 1 heterocycles. The Labute approximate surface area is 121 Å². The van der Waals surface area contributed by atoms with Crippen LogP contribution in [-0.2, 0) is 0 Å². The quantitative estimate of drug-likeness (QED) is 0.923. The Morgan fingerprint density at radius 1 is 1.25 bits per heavy atom. The maximum absolute atomic E-state index is 4.65. The van der Waals surface area contributed by atoms with Crippen molar-refractivity contribution in [2.45, 2.75) is 45.2 Å². The van der Waals surface area contributed by atoms with E-state index in [0.717, 1.165) is 18.7 Å². The molecule has 20 heavy (non-hydrogen) atoms. The van der Waals surface area contributed by atoms with Crippen molar-refractivity contribution in [3.63, 3.8) is 0 Å². The van der Waals surface area contributed by atoms with Crippen molar-refractivity contribution in [3.8, 4) is 0 Å². The molecule has 106 valence electrons. The number of likely N-dealkylation sites (N-methyl/N-ethyl adjacent to an activating group) is 1. The summed E-state index contributed by atoms with van der Waals surface area (Å²) in [5.41, 5.74) is 4.01. The molecule has 1 aromatic heterocycles. The maximum atomic E-state index is 4.65. The fourth-order valence-corrected chi connectivity index (χ4v) is 3.42. The molecule has 0 saturated heterocycles. The molecule has 2 aromatic rings. The lowest BCUT2D eigenvalue weighted by Crippen LogP contribution is -2.35. The smallest absolute Gasteiger partial charge is 0.0719 e. The lowest BCUT2D eigenvalue weighted by Gasteiger charge is -2.37. The first kappa shape index (κ1) is 13.4. The molecular formula is C17H23N3. The minimum absolute atomic E-state index is 0.353. The molecule has 1 aliphatic rings. The van der Waals surface area contributed by atoms with Crippen molar-refractivity contribution in [2.24, 2.45) is 0 Å². The van der Waals surface area contributed by atoms with Crippen LogP contribution in [0, 0.1) is 6.92 Å². The third-order valence-corrected chi connectivity index (χ3v) is 4.35. The summed E-state index contributed by atoms with van der Waals surface area (Å²) in [6.07, 6.45) is 3.25. The Kier molecular flexibility index (Phi) is 3.62. The maximum Gasteiger partial charge on any atom is 0.0719 e. The highest BCUT2D eigenvalue weighted by Crippen LogP contribution is 2.43. The van der Waals surface area contributed by atoms with Crippen molar-refractivity contribution in [1.29, 1.82) is 0 Å². The van der Waals surface area contributed by atoms with Crippen LogP contribution in [0.2, 0.25) is 0 Å². The van der Waals surface area contributed by atoms with Crippen molar-refractivity contribution >= 4 is 0 Å². The van der Waals surface area contributed by atoms with E-state index in [0.29, 0.717) is 18.0 Å². The van der Waals surface area contributed by atoms with Crippen LogP contribution in [0.25, 0.3) is 0 Å². The molecule has 1 aliphatic carbocycles. The lowest BCUT2D eigenvalue weighted by atomic mass is 9.78. The highest BCUT2D eigenvalue weighted by Gasteiger charge is 2.33. The van der Waals surface area contributed by atoms with E-state index in [4.69, 9.17) is 0 Å². The van der Waals surface area contributed by atoms with E-state index in [2.05, 4.69) is 72.4 Å². The molecule has 3 unspecified atom stereocenters. The summed E-state index contributed by atoms with van der Waals surface area (Å²) in [4.78, 5) is 0. The molecule has 0 aliphatic heterocycles. The van der Waals surface area contributed by atoms with Gasteiger partial charge in [-0.1, -0.05) is 38.1 Å². The number of aromatic nitrogens is 2. The van der Waals surface area contributed by atoms with Gasteiger partial charge in [-0.2, -0.15) is 5.10 Å². The van der Waals surface area contributed by atoms with Gasteiger partial charge >= 0.3 is 0 Å². The number of fused-ring (bicyclic) bond motifs is 1. The first-order valence-corrected chi connectivity index (χ1v) is 7.54.